The molecule has 3 heterocycles. The van der Waals surface area contributed by atoms with Crippen LogP contribution in [0.3, 0.4) is 0 Å². The van der Waals surface area contributed by atoms with Gasteiger partial charge in [-0.1, -0.05) is 5.16 Å². The summed E-state index contributed by atoms with van der Waals surface area (Å²) in [7, 11) is 4.71. The summed E-state index contributed by atoms with van der Waals surface area (Å²) < 4.78 is 30.8. The molecule has 146 valence electrons. The molecule has 9 nitrogen and oxygen atoms in total. The monoisotopic (exact) mass is 387 g/mol. The predicted octanol–water partition coefficient (Wildman–Crippen LogP) is 1.92. The number of aryl methyl sites for hydroxylation is 1. The Morgan fingerprint density at radius 1 is 1.32 bits per heavy atom. The zero-order chi connectivity index (χ0) is 19.8. The molecule has 28 heavy (non-hydrogen) atoms. The molecule has 0 fully saturated rings. The molecule has 0 atom stereocenters. The van der Waals surface area contributed by atoms with Crippen LogP contribution in [0, 0.1) is 5.82 Å². The molecule has 0 saturated heterocycles. The molecular weight excluding hydrogens is 369 g/mol. The van der Waals surface area contributed by atoms with Gasteiger partial charge in [0.25, 0.3) is 11.8 Å². The molecule has 4 rings (SSSR count). The molecule has 1 aromatic carbocycles. The number of rotatable bonds is 5. The molecule has 2 aromatic heterocycles. The first kappa shape index (κ1) is 18.1. The predicted molar refractivity (Wildman–Crippen MR) is 93.7 cm³/mol. The van der Waals surface area contributed by atoms with Crippen molar-refractivity contribution in [1.82, 2.24) is 24.8 Å². The van der Waals surface area contributed by atoms with E-state index in [-0.39, 0.29) is 29.7 Å². The van der Waals surface area contributed by atoms with Gasteiger partial charge in [0.2, 0.25) is 0 Å². The molecule has 1 aliphatic rings. The number of carbonyl (C=O) groups excluding carboxylic acids is 1. The standard InChI is InChI=1S/C18H18FN5O4/c1-23-13-8-24(18(25)10-4-5-14(27-3)12(19)6-10)7-11(13)16(21-23)17-20-15(9-26-2)22-28-17/h4-6H,7-9H2,1-3H3. The summed E-state index contributed by atoms with van der Waals surface area (Å²) in [5, 5.41) is 8.29. The van der Waals surface area contributed by atoms with Crippen LogP contribution in [0.2, 0.25) is 0 Å². The van der Waals surface area contributed by atoms with Gasteiger partial charge in [-0.3, -0.25) is 9.48 Å². The Balaban J connectivity index is 1.59. The normalized spacial score (nSPS) is 13.1. The molecule has 1 aliphatic heterocycles. The molecule has 0 aliphatic carbocycles. The van der Waals surface area contributed by atoms with Gasteiger partial charge >= 0.3 is 0 Å². The van der Waals surface area contributed by atoms with Crippen LogP contribution in [-0.4, -0.2) is 44.9 Å². The van der Waals surface area contributed by atoms with E-state index in [0.717, 1.165) is 11.3 Å². The van der Waals surface area contributed by atoms with E-state index in [0.29, 0.717) is 24.6 Å². The van der Waals surface area contributed by atoms with Crippen molar-refractivity contribution >= 4 is 5.91 Å². The average molecular weight is 387 g/mol. The van der Waals surface area contributed by atoms with E-state index in [9.17, 15) is 9.18 Å². The number of carbonyl (C=O) groups is 1. The molecule has 10 heteroatoms. The van der Waals surface area contributed by atoms with Crippen LogP contribution in [0.15, 0.2) is 22.7 Å². The maximum Gasteiger partial charge on any atom is 0.278 e. The molecule has 0 bridgehead atoms. The summed E-state index contributed by atoms with van der Waals surface area (Å²) in [5.41, 5.74) is 2.48. The second-order valence-electron chi connectivity index (χ2n) is 6.36. The molecular formula is C18H18FN5O4. The number of amides is 1. The summed E-state index contributed by atoms with van der Waals surface area (Å²) in [6.07, 6.45) is 0. The maximum atomic E-state index is 14.0. The summed E-state index contributed by atoms with van der Waals surface area (Å²) in [6.45, 7) is 0.892. The molecule has 3 aromatic rings. The highest BCUT2D eigenvalue weighted by atomic mass is 19.1. The van der Waals surface area contributed by atoms with Gasteiger partial charge in [0.15, 0.2) is 23.1 Å². The van der Waals surface area contributed by atoms with Crippen molar-refractivity contribution in [3.63, 3.8) is 0 Å². The number of hydrogen-bond donors (Lipinski definition) is 0. The molecule has 0 spiro atoms. The van der Waals surface area contributed by atoms with Gasteiger partial charge in [-0.05, 0) is 18.2 Å². The van der Waals surface area contributed by atoms with E-state index in [1.807, 2.05) is 0 Å². The largest absolute Gasteiger partial charge is 0.494 e. The van der Waals surface area contributed by atoms with Crippen molar-refractivity contribution in [1.29, 1.82) is 0 Å². The Morgan fingerprint density at radius 3 is 2.86 bits per heavy atom. The lowest BCUT2D eigenvalue weighted by molar-refractivity contribution is 0.0748. The fraction of sp³-hybridized carbons (Fsp3) is 0.333. The van der Waals surface area contributed by atoms with E-state index >= 15 is 0 Å². The van der Waals surface area contributed by atoms with Gasteiger partial charge in [-0.2, -0.15) is 10.1 Å². The Morgan fingerprint density at radius 2 is 2.14 bits per heavy atom. The third-order valence-electron chi connectivity index (χ3n) is 4.59. The van der Waals surface area contributed by atoms with E-state index in [1.54, 1.807) is 29.8 Å². The fourth-order valence-corrected chi connectivity index (χ4v) is 3.23. The van der Waals surface area contributed by atoms with Gasteiger partial charge < -0.3 is 18.9 Å². The zero-order valence-electron chi connectivity index (χ0n) is 15.6. The first-order chi connectivity index (χ1) is 13.5. The number of methoxy groups -OCH3 is 2. The zero-order valence-corrected chi connectivity index (χ0v) is 15.6. The maximum absolute atomic E-state index is 14.0. The van der Waals surface area contributed by atoms with Crippen LogP contribution in [-0.2, 0) is 31.5 Å². The van der Waals surface area contributed by atoms with Gasteiger partial charge in [0.05, 0.1) is 25.9 Å². The minimum Gasteiger partial charge on any atom is -0.494 e. The van der Waals surface area contributed by atoms with Gasteiger partial charge in [-0.15, -0.1) is 0 Å². The third kappa shape index (κ3) is 3.01. The molecule has 0 unspecified atom stereocenters. The molecule has 0 N–H and O–H groups in total. The van der Waals surface area contributed by atoms with Crippen LogP contribution in [0.25, 0.3) is 11.6 Å². The first-order valence-electron chi connectivity index (χ1n) is 8.51. The van der Waals surface area contributed by atoms with Crippen LogP contribution >= 0.6 is 0 Å². The van der Waals surface area contributed by atoms with Gasteiger partial charge in [0, 0.05) is 25.3 Å². The van der Waals surface area contributed by atoms with E-state index in [1.165, 1.54) is 19.2 Å². The highest BCUT2D eigenvalue weighted by Crippen LogP contribution is 2.32. The number of aromatic nitrogens is 4. The summed E-state index contributed by atoms with van der Waals surface area (Å²) in [6, 6.07) is 4.16. The van der Waals surface area contributed by atoms with E-state index < -0.39 is 5.82 Å². The van der Waals surface area contributed by atoms with E-state index in [4.69, 9.17) is 14.0 Å². The number of fused-ring (bicyclic) bond motifs is 1. The topological polar surface area (TPSA) is 95.5 Å². The number of halogens is 1. The lowest BCUT2D eigenvalue weighted by atomic mass is 10.2. The van der Waals surface area contributed by atoms with Gasteiger partial charge in [0.1, 0.15) is 6.61 Å². The fourth-order valence-electron chi connectivity index (χ4n) is 3.23. The Hall–Kier alpha value is -3.27. The molecule has 0 radical (unpaired) electrons. The highest BCUT2D eigenvalue weighted by Gasteiger charge is 2.32. The Labute approximate surface area is 159 Å². The summed E-state index contributed by atoms with van der Waals surface area (Å²) in [5.74, 6) is -0.0838. The number of hydrogen-bond acceptors (Lipinski definition) is 7. The van der Waals surface area contributed by atoms with Crippen molar-refractivity contribution < 1.29 is 23.2 Å². The van der Waals surface area contributed by atoms with Crippen molar-refractivity contribution in [2.45, 2.75) is 19.7 Å². The SMILES string of the molecule is COCc1noc(-c2nn(C)c3c2CN(C(=O)c2ccc(OC)c(F)c2)C3)n1. The quantitative estimate of drug-likeness (QED) is 0.660. The first-order valence-corrected chi connectivity index (χ1v) is 8.51. The van der Waals surface area contributed by atoms with Crippen LogP contribution < -0.4 is 4.74 Å². The highest BCUT2D eigenvalue weighted by molar-refractivity contribution is 5.94. The van der Waals surface area contributed by atoms with Gasteiger partial charge in [-0.25, -0.2) is 4.39 Å². The van der Waals surface area contributed by atoms with Crippen LogP contribution in [0.4, 0.5) is 4.39 Å². The lowest BCUT2D eigenvalue weighted by Gasteiger charge is -2.16. The second-order valence-corrected chi connectivity index (χ2v) is 6.36. The van der Waals surface area contributed by atoms with Crippen LogP contribution in [0.5, 0.6) is 5.75 Å². The summed E-state index contributed by atoms with van der Waals surface area (Å²) in [4.78, 5) is 18.7. The lowest BCUT2D eigenvalue weighted by Crippen LogP contribution is -2.26. The Bertz CT molecular complexity index is 1040. The van der Waals surface area contributed by atoms with Crippen molar-refractivity contribution in [3.8, 4) is 17.3 Å². The molecule has 0 saturated carbocycles. The van der Waals surface area contributed by atoms with Crippen molar-refractivity contribution in [2.24, 2.45) is 7.05 Å². The summed E-state index contributed by atoms with van der Waals surface area (Å²) >= 11 is 0. The smallest absolute Gasteiger partial charge is 0.278 e. The Kier molecular flexibility index (Phi) is 4.55. The number of nitrogens with zero attached hydrogens (tertiary/aromatic N) is 5. The van der Waals surface area contributed by atoms with Crippen LogP contribution in [0.1, 0.15) is 27.4 Å². The minimum absolute atomic E-state index is 0.0935. The average Bonchev–Trinajstić information content (AvgIpc) is 3.38. The second kappa shape index (κ2) is 7.04. The number of benzene rings is 1. The molecule has 1 amide bonds. The minimum atomic E-state index is -0.580. The van der Waals surface area contributed by atoms with E-state index in [2.05, 4.69) is 15.2 Å². The van der Waals surface area contributed by atoms with Crippen molar-refractivity contribution in [2.75, 3.05) is 14.2 Å². The number of ether oxygens (including phenoxy) is 2. The van der Waals surface area contributed by atoms with Crippen molar-refractivity contribution in [3.05, 3.63) is 46.7 Å². The third-order valence-corrected chi connectivity index (χ3v) is 4.59.